The van der Waals surface area contributed by atoms with Gasteiger partial charge in [-0.2, -0.15) is 39.9 Å². The Morgan fingerprint density at radius 1 is 0.479 bits per heavy atom. The quantitative estimate of drug-likeness (QED) is 0.0316. The van der Waals surface area contributed by atoms with E-state index in [1.54, 1.807) is 114 Å². The van der Waals surface area contributed by atoms with E-state index in [4.69, 9.17) is 29.5 Å². The molecule has 9 aliphatic rings. The molecule has 3 aliphatic carbocycles. The predicted octanol–water partition coefficient (Wildman–Crippen LogP) is 10.4. The van der Waals surface area contributed by atoms with Crippen molar-refractivity contribution >= 4 is 117 Å². The highest BCUT2D eigenvalue weighted by Crippen LogP contribution is 2.50. The van der Waals surface area contributed by atoms with Crippen molar-refractivity contribution in [3.8, 4) is 27.7 Å². The average molecular weight is 1970 g/mol. The van der Waals surface area contributed by atoms with Crippen molar-refractivity contribution in [2.75, 3.05) is 33.3 Å². The van der Waals surface area contributed by atoms with Crippen LogP contribution in [-0.2, 0) is 57.4 Å². The number of carboxylic acid groups (broad SMARTS) is 4. The fourth-order valence-electron chi connectivity index (χ4n) is 19.7. The SMILES string of the molecule is CC(C)(C)OC(=O)N[C@@H]1CCCCC/C=C\[C@@H]2C[C@]2(C(=O)O)NC(=O)[C@@H]2C[C@H](n3nc4ccc(C(=O)c5ccccc5)cc4n3)CN2C1=O.COc1ccc(-c2nn([C@@H]3C[C@H]4C(=O)N[C@@]5(C(=O)O)C[C@H]5CCCCCCC[C@@H](NC(=O)NCC(=O)O)C(=O)N4C3)nc2-c2nccs2)cc1.Cc1cc2nn([C@H]3C[C@H]4C(=O)N[C@@]5(C(=O)O)C[C@H]5/C=C\CCCCC[C@@H](NC(=O)OC(C)(C)C)C(=O)N4C3)nc2cc1C. The second kappa shape index (κ2) is 43.2. The summed E-state index contributed by atoms with van der Waals surface area (Å²) in [6, 6.07) is 16.8. The number of aryl methyl sites for hydroxylation is 2. The number of fused-ring (bicyclic) bond motifs is 8. The molecule has 17 rings (SSSR count). The van der Waals surface area contributed by atoms with Crippen molar-refractivity contribution in [2.45, 2.75) is 285 Å². The fourth-order valence-corrected chi connectivity index (χ4v) is 20.3. The molecule has 4 saturated heterocycles. The van der Waals surface area contributed by atoms with Crippen LogP contribution in [0.1, 0.15) is 234 Å². The van der Waals surface area contributed by atoms with Gasteiger partial charge in [0.05, 0.1) is 25.2 Å². The molecule has 0 spiro atoms. The van der Waals surface area contributed by atoms with E-state index in [2.05, 4.69) is 62.6 Å². The molecule has 6 aliphatic heterocycles. The number of hydrogen-bond acceptors (Lipinski definition) is 25. The Hall–Kier alpha value is -14.1. The van der Waals surface area contributed by atoms with E-state index in [9.17, 15) is 82.4 Å². The largest absolute Gasteiger partial charge is 0.497 e. The van der Waals surface area contributed by atoms with Crippen LogP contribution in [0, 0.1) is 31.6 Å². The van der Waals surface area contributed by atoms with Gasteiger partial charge in [0.1, 0.15) is 115 Å². The van der Waals surface area contributed by atoms with E-state index in [0.717, 1.165) is 80.9 Å². The van der Waals surface area contributed by atoms with Gasteiger partial charge < -0.3 is 86.6 Å². The molecule has 11 N–H and O–H groups in total. The van der Waals surface area contributed by atoms with Gasteiger partial charge in [-0.05, 0) is 198 Å². The number of nitrogens with zero attached hydrogens (tertiary/aromatic N) is 13. The number of ether oxygens (including phenoxy) is 3. The normalized spacial score (nSPS) is 27.1. The van der Waals surface area contributed by atoms with Gasteiger partial charge >= 0.3 is 42.1 Å². The smallest absolute Gasteiger partial charge is 0.408 e. The number of ketones is 1. The third kappa shape index (κ3) is 23.9. The zero-order valence-electron chi connectivity index (χ0n) is 81.0. The summed E-state index contributed by atoms with van der Waals surface area (Å²) in [7, 11) is 1.57. The van der Waals surface area contributed by atoms with Gasteiger partial charge in [-0.15, -0.1) is 16.4 Å². The van der Waals surface area contributed by atoms with Crippen LogP contribution in [-0.4, -0.2) is 266 Å². The second-order valence-electron chi connectivity index (χ2n) is 40.3. The Kier molecular flexibility index (Phi) is 31.1. The molecule has 756 valence electrons. The van der Waals surface area contributed by atoms with E-state index < -0.39 is 166 Å². The average Bonchev–Trinajstić information content (AvgIpc) is 1.58. The zero-order valence-corrected chi connectivity index (χ0v) is 81.8. The van der Waals surface area contributed by atoms with Crippen LogP contribution in [0.25, 0.3) is 44.0 Å². The fraction of sp³-hybridized carbons (Fsp3) is 0.530. The number of aromatic nitrogens is 10. The number of aliphatic carboxylic acids is 4. The summed E-state index contributed by atoms with van der Waals surface area (Å²) in [5.41, 5.74) is 1.61. The third-order valence-electron chi connectivity index (χ3n) is 27.7. The molecule has 0 unspecified atom stereocenters. The molecule has 10 amide bonds. The Morgan fingerprint density at radius 3 is 1.36 bits per heavy atom. The van der Waals surface area contributed by atoms with E-state index in [1.165, 1.54) is 35.6 Å². The monoisotopic (exact) mass is 1970 g/mol. The summed E-state index contributed by atoms with van der Waals surface area (Å²) in [6.07, 6.45) is 20.9. The van der Waals surface area contributed by atoms with Gasteiger partial charge in [0, 0.05) is 79.0 Å². The van der Waals surface area contributed by atoms with Crippen LogP contribution in [0.15, 0.2) is 121 Å². The number of amides is 10. The Bertz CT molecular complexity index is 6110. The molecule has 15 atom stereocenters. The van der Waals surface area contributed by atoms with E-state index in [-0.39, 0.29) is 75.3 Å². The lowest BCUT2D eigenvalue weighted by Crippen LogP contribution is -2.57. The van der Waals surface area contributed by atoms with Crippen LogP contribution in [0.2, 0.25) is 0 Å². The maximum absolute atomic E-state index is 14.3. The summed E-state index contributed by atoms with van der Waals surface area (Å²) in [6.45, 7) is 14.0. The molecule has 4 aromatic carbocycles. The highest BCUT2D eigenvalue weighted by atomic mass is 32.1. The maximum atomic E-state index is 14.3. The Labute approximate surface area is 823 Å². The number of urea groups is 1. The summed E-state index contributed by atoms with van der Waals surface area (Å²) in [5.74, 6) is -8.07. The number of nitrogens with one attached hydrogen (secondary N) is 7. The van der Waals surface area contributed by atoms with Gasteiger partial charge in [-0.25, -0.2) is 33.8 Å². The standard InChI is InChI=1S/C36H42N6O7.C33H40N8O8S.C31H42N6O6/c1-35(2,3)49-34(48)37-27-15-11-6-4-5-10-14-24-20-36(24,33(46)47)38-31(44)29-19-25(21-41(29)32(27)45)42-39-26-17-16-23(18-28(26)40-42)30(43)22-12-8-7-9-13-22;1-49-22-11-9-19(10-12-22)26-27(29-34-13-14-50-29)39-41(38-26)21-15-24-28(44)37-33(31(46)47)16-20(33)7-5-3-2-4-6-8-23(30(45)40(24)18-21)36-32(48)35-17-25(42)43;1-18-13-23-24(14-19(18)2)35-37(34-23)21-15-25-26(38)33-31(28(40)41)16-20(31)11-9-7-6-8-10-12-22(27(39)36(25)17-21)32-29(42)43-30(3,4)5/h7-10,12-14,16-18,24-25,27,29H,4-6,11,15,19-21H2,1-3H3,(H,37,48)(H,38,44)(H,46,47);9-14,20-21,23-24H,2-8,15-18H2,1H3,(H,37,44)(H,42,43)(H,46,47)(H2,35,36,48);9,11,13-14,20-22,25H,6-8,10,12,15-17H2,1-5H3,(H,32,42)(H,33,38)(H,40,41)/b14-10-;;11-9-/t24-,25+,27-,29+,36+;20-,21-,23-,24+,33+;20-,21+,22-,25+,31+/m111/s1. The number of alkyl carbamates (subject to hydrolysis) is 2. The molecule has 0 bridgehead atoms. The van der Waals surface area contributed by atoms with Crippen LogP contribution in [0.4, 0.5) is 14.4 Å². The summed E-state index contributed by atoms with van der Waals surface area (Å²) in [5, 5.41) is 88.8. The number of carboxylic acids is 4. The number of benzene rings is 4. The molecule has 142 heavy (non-hydrogen) atoms. The predicted molar refractivity (Wildman–Crippen MR) is 516 cm³/mol. The molecule has 42 heteroatoms. The van der Waals surface area contributed by atoms with E-state index >= 15 is 0 Å². The molecule has 0 radical (unpaired) electrons. The number of thiazole rings is 1. The lowest BCUT2D eigenvalue weighted by Gasteiger charge is -2.30. The van der Waals surface area contributed by atoms with Gasteiger partial charge in [0.25, 0.3) is 0 Å². The highest BCUT2D eigenvalue weighted by molar-refractivity contribution is 7.13. The highest BCUT2D eigenvalue weighted by Gasteiger charge is 2.65. The molecule has 8 aromatic rings. The summed E-state index contributed by atoms with van der Waals surface area (Å²) < 4.78 is 16.2. The van der Waals surface area contributed by atoms with E-state index in [0.29, 0.717) is 107 Å². The van der Waals surface area contributed by atoms with Crippen molar-refractivity contribution in [3.05, 3.63) is 143 Å². The zero-order chi connectivity index (χ0) is 101. The first-order valence-corrected chi connectivity index (χ1v) is 49.6. The number of carbonyl (C=O) groups excluding carboxylic acids is 10. The lowest BCUT2D eigenvalue weighted by molar-refractivity contribution is -0.146. The minimum atomic E-state index is -1.45. The Balaban J connectivity index is 0.000000161. The van der Waals surface area contributed by atoms with Crippen molar-refractivity contribution in [3.63, 3.8) is 0 Å². The minimum absolute atomic E-state index is 0.00336. The molecular formula is C100H124N20O21S. The van der Waals surface area contributed by atoms with Crippen molar-refractivity contribution in [1.82, 2.24) is 102 Å². The van der Waals surface area contributed by atoms with Gasteiger partial charge in [0.15, 0.2) is 5.78 Å². The van der Waals surface area contributed by atoms with Crippen LogP contribution in [0.5, 0.6) is 5.75 Å². The van der Waals surface area contributed by atoms with Gasteiger partial charge in [-0.1, -0.05) is 112 Å². The molecule has 10 heterocycles. The Morgan fingerprint density at radius 2 is 0.908 bits per heavy atom. The first-order chi connectivity index (χ1) is 67.7. The minimum Gasteiger partial charge on any atom is -0.497 e. The number of rotatable bonds is 16. The topological polar surface area (TPSA) is 547 Å². The number of hydrogen-bond donors (Lipinski definition) is 11. The van der Waals surface area contributed by atoms with Crippen LogP contribution < -0.4 is 42.0 Å². The second-order valence-corrected chi connectivity index (χ2v) is 41.2. The van der Waals surface area contributed by atoms with Gasteiger partial charge in [-0.3, -0.25) is 38.4 Å². The van der Waals surface area contributed by atoms with Crippen molar-refractivity contribution < 1.29 is 102 Å². The van der Waals surface area contributed by atoms with E-state index in [1.807, 2.05) is 73.9 Å². The first-order valence-electron chi connectivity index (χ1n) is 48.7. The third-order valence-corrected chi connectivity index (χ3v) is 28.5. The molecular weight excluding hydrogens is 1850 g/mol. The van der Waals surface area contributed by atoms with Crippen molar-refractivity contribution in [1.29, 1.82) is 0 Å². The molecule has 3 saturated carbocycles. The number of allylic oxidation sites excluding steroid dienone is 2. The number of methoxy groups -OCH3 is 1. The molecule has 41 nitrogen and oxygen atoms in total. The summed E-state index contributed by atoms with van der Waals surface area (Å²) >= 11 is 1.39. The lowest BCUT2D eigenvalue weighted by atomic mass is 10.0. The van der Waals surface area contributed by atoms with Gasteiger partial charge in [0.2, 0.25) is 35.4 Å². The molecule has 4 aromatic heterocycles. The maximum Gasteiger partial charge on any atom is 0.408 e. The number of carbonyl (C=O) groups is 14. The van der Waals surface area contributed by atoms with Crippen LogP contribution >= 0.6 is 11.3 Å². The van der Waals surface area contributed by atoms with Crippen LogP contribution in [0.3, 0.4) is 0 Å². The summed E-state index contributed by atoms with van der Waals surface area (Å²) in [4.78, 5) is 197. The molecule has 7 fully saturated rings. The van der Waals surface area contributed by atoms with Crippen molar-refractivity contribution in [2.24, 2.45) is 17.8 Å². The first kappa shape index (κ1) is 102.